The molecule has 1 aromatic carbocycles. The topological polar surface area (TPSA) is 103 Å². The predicted molar refractivity (Wildman–Crippen MR) is 90.5 cm³/mol. The van der Waals surface area contributed by atoms with Crippen LogP contribution in [0.25, 0.3) is 0 Å². The largest absolute Gasteiger partial charge is 0.488 e. The van der Waals surface area contributed by atoms with Crippen molar-refractivity contribution in [2.24, 2.45) is 0 Å². The summed E-state index contributed by atoms with van der Waals surface area (Å²) in [6, 6.07) is 7.28. The van der Waals surface area contributed by atoms with Crippen molar-refractivity contribution in [1.82, 2.24) is 4.90 Å². The fraction of sp³-hybridized carbons (Fsp3) is 0.667. The lowest BCUT2D eigenvalue weighted by atomic mass is 9.94. The lowest BCUT2D eigenvalue weighted by molar-refractivity contribution is -0.144. The highest BCUT2D eigenvalue weighted by molar-refractivity contribution is 5.27. The standard InChI is InChI=1S/C18H27NO6/c20-10-15-17(22)18(23)16(21)9-19(15)7-5-12-1-3-13(4-2-12)25-14-6-8-24-11-14/h1-4,14-18,20-23H,5-11H2/t14?,15-,16+,17-,18-/m1/s1. The number of piperidine rings is 1. The Balaban J connectivity index is 1.53. The quantitative estimate of drug-likeness (QED) is 0.529. The molecule has 3 rings (SSSR count). The van der Waals surface area contributed by atoms with E-state index >= 15 is 0 Å². The normalized spacial score (nSPS) is 33.5. The maximum atomic E-state index is 10.0. The number of aliphatic hydroxyl groups is 4. The minimum absolute atomic E-state index is 0.124. The first kappa shape index (κ1) is 18.6. The molecule has 25 heavy (non-hydrogen) atoms. The maximum Gasteiger partial charge on any atom is 0.124 e. The molecule has 2 aliphatic heterocycles. The highest BCUT2D eigenvalue weighted by Crippen LogP contribution is 2.21. The summed E-state index contributed by atoms with van der Waals surface area (Å²) >= 11 is 0. The van der Waals surface area contributed by atoms with E-state index in [1.165, 1.54) is 0 Å². The summed E-state index contributed by atoms with van der Waals surface area (Å²) in [6.07, 6.45) is -1.64. The third-order valence-corrected chi connectivity index (χ3v) is 5.02. The highest BCUT2D eigenvalue weighted by Gasteiger charge is 2.40. The van der Waals surface area contributed by atoms with E-state index in [1.54, 1.807) is 0 Å². The zero-order valence-corrected chi connectivity index (χ0v) is 14.2. The van der Waals surface area contributed by atoms with Crippen LogP contribution in [-0.2, 0) is 11.2 Å². The molecule has 1 unspecified atom stereocenters. The molecule has 0 saturated carbocycles. The number of ether oxygens (including phenoxy) is 2. The van der Waals surface area contributed by atoms with Gasteiger partial charge in [0.25, 0.3) is 0 Å². The first-order valence-electron chi connectivity index (χ1n) is 8.81. The summed E-state index contributed by atoms with van der Waals surface area (Å²) in [5, 5.41) is 39.1. The van der Waals surface area contributed by atoms with Gasteiger partial charge in [-0.25, -0.2) is 0 Å². The van der Waals surface area contributed by atoms with Crippen LogP contribution in [0.4, 0.5) is 0 Å². The van der Waals surface area contributed by atoms with E-state index in [0.717, 1.165) is 24.3 Å². The van der Waals surface area contributed by atoms with Crippen molar-refractivity contribution in [3.8, 4) is 5.75 Å². The number of rotatable bonds is 6. The van der Waals surface area contributed by atoms with Crippen LogP contribution in [0, 0.1) is 0 Å². The van der Waals surface area contributed by atoms with Crippen LogP contribution in [0.5, 0.6) is 5.75 Å². The number of nitrogens with zero attached hydrogens (tertiary/aromatic N) is 1. The minimum atomic E-state index is -1.22. The van der Waals surface area contributed by atoms with E-state index in [1.807, 2.05) is 29.2 Å². The van der Waals surface area contributed by atoms with E-state index < -0.39 is 24.4 Å². The number of likely N-dealkylation sites (tertiary alicyclic amines) is 1. The van der Waals surface area contributed by atoms with Crippen LogP contribution in [-0.4, -0.2) is 88.7 Å². The number of hydrogen-bond acceptors (Lipinski definition) is 7. The Morgan fingerprint density at radius 1 is 1.12 bits per heavy atom. The van der Waals surface area contributed by atoms with E-state index in [2.05, 4.69) is 0 Å². The molecule has 0 aromatic heterocycles. The van der Waals surface area contributed by atoms with Gasteiger partial charge in [0.2, 0.25) is 0 Å². The number of aliphatic hydroxyl groups excluding tert-OH is 4. The van der Waals surface area contributed by atoms with Crippen molar-refractivity contribution in [2.45, 2.75) is 43.3 Å². The molecule has 2 saturated heterocycles. The summed E-state index contributed by atoms with van der Waals surface area (Å²) in [4.78, 5) is 1.82. The second-order valence-electron chi connectivity index (χ2n) is 6.79. The van der Waals surface area contributed by atoms with Crippen LogP contribution in [0.3, 0.4) is 0 Å². The van der Waals surface area contributed by atoms with E-state index in [9.17, 15) is 20.4 Å². The molecule has 0 spiro atoms. The van der Waals surface area contributed by atoms with Crippen LogP contribution in [0.2, 0.25) is 0 Å². The van der Waals surface area contributed by atoms with Gasteiger partial charge in [-0.3, -0.25) is 4.90 Å². The zero-order valence-electron chi connectivity index (χ0n) is 14.2. The van der Waals surface area contributed by atoms with Gasteiger partial charge >= 0.3 is 0 Å². The summed E-state index contributed by atoms with van der Waals surface area (Å²) in [6.45, 7) is 1.92. The van der Waals surface area contributed by atoms with Gasteiger partial charge in [-0.2, -0.15) is 0 Å². The Kier molecular flexibility index (Phi) is 6.27. The average Bonchev–Trinajstić information content (AvgIpc) is 3.12. The van der Waals surface area contributed by atoms with Gasteiger partial charge in [0.1, 0.15) is 24.1 Å². The van der Waals surface area contributed by atoms with Crippen molar-refractivity contribution in [3.63, 3.8) is 0 Å². The van der Waals surface area contributed by atoms with Crippen LogP contribution in [0.15, 0.2) is 24.3 Å². The van der Waals surface area contributed by atoms with Crippen LogP contribution < -0.4 is 4.74 Å². The summed E-state index contributed by atoms with van der Waals surface area (Å²) in [5.41, 5.74) is 1.10. The fourth-order valence-corrected chi connectivity index (χ4v) is 3.44. The molecule has 4 N–H and O–H groups in total. The van der Waals surface area contributed by atoms with E-state index in [-0.39, 0.29) is 19.3 Å². The molecule has 0 radical (unpaired) electrons. The first-order chi connectivity index (χ1) is 12.1. The van der Waals surface area contributed by atoms with Crippen molar-refractivity contribution in [2.75, 3.05) is 32.9 Å². The van der Waals surface area contributed by atoms with Gasteiger partial charge in [0.05, 0.1) is 32.0 Å². The van der Waals surface area contributed by atoms with Crippen LogP contribution >= 0.6 is 0 Å². The van der Waals surface area contributed by atoms with E-state index in [4.69, 9.17) is 9.47 Å². The molecule has 0 bridgehead atoms. The molecule has 7 heteroatoms. The van der Waals surface area contributed by atoms with Gasteiger partial charge in [-0.05, 0) is 24.1 Å². The lowest BCUT2D eigenvalue weighted by Gasteiger charge is -2.43. The molecule has 1 aromatic rings. The van der Waals surface area contributed by atoms with Gasteiger partial charge in [0.15, 0.2) is 0 Å². The SMILES string of the molecule is OC[C@@H]1[C@@H](O)[C@H](O)[C@@H](O)CN1CCc1ccc(OC2CCOC2)cc1. The van der Waals surface area contributed by atoms with Crippen LogP contribution in [0.1, 0.15) is 12.0 Å². The Labute approximate surface area is 147 Å². The lowest BCUT2D eigenvalue weighted by Crippen LogP contribution is -2.62. The maximum absolute atomic E-state index is 10.0. The first-order valence-corrected chi connectivity index (χ1v) is 8.81. The average molecular weight is 353 g/mol. The molecule has 2 fully saturated rings. The van der Waals surface area contributed by atoms with Gasteiger partial charge in [0, 0.05) is 19.5 Å². The Bertz CT molecular complexity index is 533. The molecule has 0 aliphatic carbocycles. The predicted octanol–water partition coefficient (Wildman–Crippen LogP) is -0.844. The second kappa shape index (κ2) is 8.44. The Morgan fingerprint density at radius 2 is 1.88 bits per heavy atom. The molecule has 2 heterocycles. The fourth-order valence-electron chi connectivity index (χ4n) is 3.44. The third kappa shape index (κ3) is 4.49. The van der Waals surface area contributed by atoms with Crippen molar-refractivity contribution in [3.05, 3.63) is 29.8 Å². The van der Waals surface area contributed by atoms with Gasteiger partial charge < -0.3 is 29.9 Å². The summed E-state index contributed by atoms with van der Waals surface area (Å²) in [5.74, 6) is 0.819. The van der Waals surface area contributed by atoms with Gasteiger partial charge in [-0.15, -0.1) is 0 Å². The Morgan fingerprint density at radius 3 is 2.52 bits per heavy atom. The smallest absolute Gasteiger partial charge is 0.124 e. The van der Waals surface area contributed by atoms with Gasteiger partial charge in [-0.1, -0.05) is 12.1 Å². The number of β-amino-alcohol motifs (C(OH)–C–C–N with tert-alkyl or cyclic N) is 1. The molecular formula is C18H27NO6. The molecule has 2 aliphatic rings. The van der Waals surface area contributed by atoms with Crippen molar-refractivity contribution in [1.29, 1.82) is 0 Å². The molecule has 5 atom stereocenters. The van der Waals surface area contributed by atoms with E-state index in [0.29, 0.717) is 19.6 Å². The Hall–Kier alpha value is -1.22. The second-order valence-corrected chi connectivity index (χ2v) is 6.79. The molecular weight excluding hydrogens is 326 g/mol. The monoisotopic (exact) mass is 353 g/mol. The minimum Gasteiger partial charge on any atom is -0.488 e. The highest BCUT2D eigenvalue weighted by atomic mass is 16.5. The zero-order chi connectivity index (χ0) is 17.8. The molecule has 7 nitrogen and oxygen atoms in total. The number of hydrogen-bond donors (Lipinski definition) is 4. The van der Waals surface area contributed by atoms with Crippen molar-refractivity contribution < 1.29 is 29.9 Å². The summed E-state index contributed by atoms with van der Waals surface area (Å²) < 4.78 is 11.1. The summed E-state index contributed by atoms with van der Waals surface area (Å²) in [7, 11) is 0. The third-order valence-electron chi connectivity index (χ3n) is 5.02. The molecule has 0 amide bonds. The van der Waals surface area contributed by atoms with Crippen molar-refractivity contribution >= 4 is 0 Å². The molecule has 140 valence electrons. The number of benzene rings is 1.